The highest BCUT2D eigenvalue weighted by atomic mass is 15.2. The van der Waals surface area contributed by atoms with Crippen LogP contribution in [0.25, 0.3) is 0 Å². The zero-order valence-electron chi connectivity index (χ0n) is 11.1. The maximum absolute atomic E-state index is 8.82. The molecule has 1 saturated carbocycles. The molecule has 0 aromatic heterocycles. The van der Waals surface area contributed by atoms with Crippen molar-refractivity contribution in [1.29, 1.82) is 5.26 Å². The normalized spacial score (nSPS) is 27.7. The van der Waals surface area contributed by atoms with E-state index < -0.39 is 0 Å². The van der Waals surface area contributed by atoms with Crippen molar-refractivity contribution in [3.8, 4) is 6.07 Å². The van der Waals surface area contributed by atoms with E-state index in [1.165, 1.54) is 32.1 Å². The molecule has 0 saturated heterocycles. The summed E-state index contributed by atoms with van der Waals surface area (Å²) in [5, 5.41) is 8.82. The number of hydrogen-bond donors (Lipinski definition) is 0. The Morgan fingerprint density at radius 3 is 2.31 bits per heavy atom. The first-order valence-corrected chi connectivity index (χ1v) is 6.81. The highest BCUT2D eigenvalue weighted by Crippen LogP contribution is 2.30. The van der Waals surface area contributed by atoms with E-state index in [1.54, 1.807) is 0 Å². The first kappa shape index (κ1) is 13.5. The van der Waals surface area contributed by atoms with Gasteiger partial charge < -0.3 is 0 Å². The van der Waals surface area contributed by atoms with Crippen LogP contribution in [0.15, 0.2) is 0 Å². The van der Waals surface area contributed by atoms with Crippen molar-refractivity contribution in [1.82, 2.24) is 4.90 Å². The van der Waals surface area contributed by atoms with Crippen molar-refractivity contribution in [2.45, 2.75) is 70.9 Å². The summed E-state index contributed by atoms with van der Waals surface area (Å²) in [6, 6.07) is 3.51. The molecule has 1 aliphatic rings. The van der Waals surface area contributed by atoms with Gasteiger partial charge in [0.05, 0.1) is 12.5 Å². The third-order valence-electron chi connectivity index (χ3n) is 4.34. The summed E-state index contributed by atoms with van der Waals surface area (Å²) in [6.07, 6.45) is 8.54. The van der Waals surface area contributed by atoms with E-state index in [0.29, 0.717) is 12.5 Å². The molecule has 2 nitrogen and oxygen atoms in total. The van der Waals surface area contributed by atoms with Gasteiger partial charge in [-0.2, -0.15) is 5.26 Å². The van der Waals surface area contributed by atoms with E-state index >= 15 is 0 Å². The van der Waals surface area contributed by atoms with E-state index in [-0.39, 0.29) is 0 Å². The fourth-order valence-electron chi connectivity index (χ4n) is 2.94. The van der Waals surface area contributed by atoms with Gasteiger partial charge in [-0.1, -0.05) is 20.3 Å². The molecule has 16 heavy (non-hydrogen) atoms. The lowest BCUT2D eigenvalue weighted by Gasteiger charge is -2.38. The second-order valence-electron chi connectivity index (χ2n) is 5.17. The summed E-state index contributed by atoms with van der Waals surface area (Å²) in [5.41, 5.74) is 0. The summed E-state index contributed by atoms with van der Waals surface area (Å²) in [7, 11) is 2.21. The van der Waals surface area contributed by atoms with Gasteiger partial charge in [-0.3, -0.25) is 4.90 Å². The van der Waals surface area contributed by atoms with Crippen molar-refractivity contribution in [3.05, 3.63) is 0 Å². The minimum absolute atomic E-state index is 0.466. The van der Waals surface area contributed by atoms with Gasteiger partial charge in [-0.15, -0.1) is 0 Å². The predicted molar refractivity (Wildman–Crippen MR) is 68.1 cm³/mol. The summed E-state index contributed by atoms with van der Waals surface area (Å²) in [4.78, 5) is 2.47. The Hall–Kier alpha value is -0.550. The fourth-order valence-corrected chi connectivity index (χ4v) is 2.94. The third-order valence-corrected chi connectivity index (χ3v) is 4.34. The van der Waals surface area contributed by atoms with E-state index in [0.717, 1.165) is 18.4 Å². The minimum Gasteiger partial charge on any atom is -0.299 e. The Morgan fingerprint density at radius 1 is 1.25 bits per heavy atom. The average molecular weight is 222 g/mol. The smallest absolute Gasteiger partial charge is 0.0638 e. The Bertz CT molecular complexity index is 223. The summed E-state index contributed by atoms with van der Waals surface area (Å²) < 4.78 is 0. The van der Waals surface area contributed by atoms with E-state index in [2.05, 4.69) is 31.9 Å². The molecule has 0 aromatic rings. The maximum Gasteiger partial charge on any atom is 0.0638 e. The first-order chi connectivity index (χ1) is 7.72. The predicted octanol–water partition coefficient (Wildman–Crippen LogP) is 3.58. The molecule has 0 bridgehead atoms. The van der Waals surface area contributed by atoms with Crippen LogP contribution in [0.4, 0.5) is 0 Å². The van der Waals surface area contributed by atoms with Crippen LogP contribution in [-0.2, 0) is 0 Å². The van der Waals surface area contributed by atoms with Crippen LogP contribution in [0.1, 0.15) is 58.8 Å². The Labute approximate surface area is 101 Å². The topological polar surface area (TPSA) is 27.0 Å². The maximum atomic E-state index is 8.82. The zero-order valence-corrected chi connectivity index (χ0v) is 11.1. The van der Waals surface area contributed by atoms with Gasteiger partial charge >= 0.3 is 0 Å². The van der Waals surface area contributed by atoms with Crippen molar-refractivity contribution in [3.63, 3.8) is 0 Å². The third kappa shape index (κ3) is 3.49. The average Bonchev–Trinajstić information content (AvgIpc) is 2.35. The van der Waals surface area contributed by atoms with E-state index in [9.17, 15) is 0 Å². The fraction of sp³-hybridized carbons (Fsp3) is 0.929. The monoisotopic (exact) mass is 222 g/mol. The Balaban J connectivity index is 2.42. The molecule has 0 spiro atoms. The molecule has 0 N–H and O–H groups in total. The largest absolute Gasteiger partial charge is 0.299 e. The Kier molecular flexibility index (Phi) is 5.84. The molecular formula is C14H26N2. The van der Waals surface area contributed by atoms with Gasteiger partial charge in [0.1, 0.15) is 0 Å². The number of hydrogen-bond acceptors (Lipinski definition) is 2. The second kappa shape index (κ2) is 6.91. The molecular weight excluding hydrogens is 196 g/mol. The van der Waals surface area contributed by atoms with E-state index in [4.69, 9.17) is 5.26 Å². The molecule has 1 fully saturated rings. The lowest BCUT2D eigenvalue weighted by atomic mass is 9.83. The zero-order chi connectivity index (χ0) is 12.0. The summed E-state index contributed by atoms with van der Waals surface area (Å²) >= 11 is 0. The molecule has 1 aliphatic carbocycles. The molecule has 0 heterocycles. The van der Waals surface area contributed by atoms with Crippen LogP contribution in [0.3, 0.4) is 0 Å². The van der Waals surface area contributed by atoms with Crippen LogP contribution in [0.5, 0.6) is 0 Å². The molecule has 92 valence electrons. The lowest BCUT2D eigenvalue weighted by molar-refractivity contribution is 0.118. The lowest BCUT2D eigenvalue weighted by Crippen LogP contribution is -2.41. The van der Waals surface area contributed by atoms with Gasteiger partial charge in [-0.25, -0.2) is 0 Å². The molecule has 2 heteroatoms. The van der Waals surface area contributed by atoms with Gasteiger partial charge in [0, 0.05) is 12.1 Å². The van der Waals surface area contributed by atoms with Crippen molar-refractivity contribution in [2.24, 2.45) is 5.92 Å². The summed E-state index contributed by atoms with van der Waals surface area (Å²) in [6.45, 7) is 4.50. The second-order valence-corrected chi connectivity index (χ2v) is 5.17. The van der Waals surface area contributed by atoms with Crippen molar-refractivity contribution in [2.75, 3.05) is 7.05 Å². The standard InChI is InChI=1S/C14H26N2/c1-4-12-6-8-14(9-7-12)16(3)13(5-2)10-11-15/h12-14H,4-10H2,1-3H3. The molecule has 0 aliphatic heterocycles. The van der Waals surface area contributed by atoms with Crippen molar-refractivity contribution < 1.29 is 0 Å². The number of rotatable bonds is 5. The van der Waals surface area contributed by atoms with E-state index in [1.807, 2.05) is 0 Å². The quantitative estimate of drug-likeness (QED) is 0.711. The van der Waals surface area contributed by atoms with Crippen LogP contribution < -0.4 is 0 Å². The SMILES string of the molecule is CCC1CCC(N(C)C(CC)CC#N)CC1. The van der Waals surface area contributed by atoms with Crippen LogP contribution in [0.2, 0.25) is 0 Å². The number of nitriles is 1. The molecule has 1 atom stereocenters. The first-order valence-electron chi connectivity index (χ1n) is 6.81. The van der Waals surface area contributed by atoms with Crippen LogP contribution >= 0.6 is 0 Å². The minimum atomic E-state index is 0.466. The van der Waals surface area contributed by atoms with Gasteiger partial charge in [-0.05, 0) is 45.1 Å². The molecule has 0 aromatic carbocycles. The number of nitrogens with zero attached hydrogens (tertiary/aromatic N) is 2. The van der Waals surface area contributed by atoms with Crippen LogP contribution in [-0.4, -0.2) is 24.0 Å². The van der Waals surface area contributed by atoms with Crippen molar-refractivity contribution >= 4 is 0 Å². The van der Waals surface area contributed by atoms with Crippen LogP contribution in [0, 0.1) is 17.2 Å². The molecule has 0 amide bonds. The highest BCUT2D eigenvalue weighted by molar-refractivity contribution is 4.86. The Morgan fingerprint density at radius 2 is 1.88 bits per heavy atom. The van der Waals surface area contributed by atoms with Gasteiger partial charge in [0.15, 0.2) is 0 Å². The van der Waals surface area contributed by atoms with Gasteiger partial charge in [0.25, 0.3) is 0 Å². The van der Waals surface area contributed by atoms with Gasteiger partial charge in [0.2, 0.25) is 0 Å². The summed E-state index contributed by atoms with van der Waals surface area (Å²) in [5.74, 6) is 0.959. The molecule has 0 radical (unpaired) electrons. The molecule has 1 rings (SSSR count). The molecule has 1 unspecified atom stereocenters. The highest BCUT2D eigenvalue weighted by Gasteiger charge is 2.26.